The smallest absolute Gasteiger partial charge is 0.319 e. The average Bonchev–Trinajstić information content (AvgIpc) is 2.28. The fourth-order valence-corrected chi connectivity index (χ4v) is 1.65. The van der Waals surface area contributed by atoms with E-state index < -0.39 is 0 Å². The van der Waals surface area contributed by atoms with Gasteiger partial charge in [0, 0.05) is 29.2 Å². The monoisotopic (exact) mass is 229 g/mol. The maximum atomic E-state index is 11.6. The molecule has 1 heterocycles. The Kier molecular flexibility index (Phi) is 3.23. The zero-order valence-electron chi connectivity index (χ0n) is 9.90. The minimum atomic E-state index is -0.190. The molecule has 0 aliphatic heterocycles. The Bertz CT molecular complexity index is 532. The zero-order chi connectivity index (χ0) is 12.3. The lowest BCUT2D eigenvalue weighted by molar-refractivity contribution is 0.250. The molecule has 4 heteroatoms. The predicted molar refractivity (Wildman–Crippen MR) is 69.0 cm³/mol. The van der Waals surface area contributed by atoms with Crippen molar-refractivity contribution in [2.24, 2.45) is 0 Å². The molecule has 2 N–H and O–H groups in total. The van der Waals surface area contributed by atoms with Crippen molar-refractivity contribution < 1.29 is 4.79 Å². The first kappa shape index (κ1) is 11.4. The first-order valence-electron chi connectivity index (χ1n) is 5.57. The number of nitrogens with zero attached hydrogens (tertiary/aromatic N) is 1. The number of benzene rings is 1. The summed E-state index contributed by atoms with van der Waals surface area (Å²) in [5.41, 5.74) is 0.794. The molecule has 4 nitrogen and oxygen atoms in total. The molecule has 0 saturated heterocycles. The normalized spacial score (nSPS) is 10.5. The molecule has 1 aromatic carbocycles. The lowest BCUT2D eigenvalue weighted by atomic mass is 10.1. The van der Waals surface area contributed by atoms with Crippen LogP contribution in [0.2, 0.25) is 0 Å². The molecule has 17 heavy (non-hydrogen) atoms. The third kappa shape index (κ3) is 2.72. The minimum Gasteiger partial charge on any atom is -0.336 e. The van der Waals surface area contributed by atoms with Crippen molar-refractivity contribution in [1.82, 2.24) is 10.3 Å². The predicted octanol–water partition coefficient (Wildman–Crippen LogP) is 2.76. The quantitative estimate of drug-likeness (QED) is 0.832. The number of nitrogens with one attached hydrogen (secondary N) is 2. The Morgan fingerprint density at radius 2 is 2.12 bits per heavy atom. The van der Waals surface area contributed by atoms with Gasteiger partial charge in [-0.1, -0.05) is 12.1 Å². The molecule has 0 aliphatic carbocycles. The Morgan fingerprint density at radius 1 is 1.29 bits per heavy atom. The fourth-order valence-electron chi connectivity index (χ4n) is 1.65. The summed E-state index contributed by atoms with van der Waals surface area (Å²) in [6.45, 7) is 3.85. The molecule has 0 spiro atoms. The van der Waals surface area contributed by atoms with Gasteiger partial charge in [0.1, 0.15) is 0 Å². The van der Waals surface area contributed by atoms with Crippen LogP contribution in [0.4, 0.5) is 10.5 Å². The Labute approximate surface area is 100 Å². The standard InChI is InChI=1S/C13H15N3O/c1-9(2)15-13(17)16-12-5-3-4-10-8-14-7-6-11(10)12/h3-9H,1-2H3,(H2,15,16,17). The van der Waals surface area contributed by atoms with E-state index in [2.05, 4.69) is 15.6 Å². The minimum absolute atomic E-state index is 0.117. The van der Waals surface area contributed by atoms with Crippen molar-refractivity contribution in [3.05, 3.63) is 36.7 Å². The molecule has 0 bridgehead atoms. The number of aromatic nitrogens is 1. The highest BCUT2D eigenvalue weighted by molar-refractivity contribution is 6.01. The van der Waals surface area contributed by atoms with E-state index in [9.17, 15) is 4.79 Å². The van der Waals surface area contributed by atoms with Crippen LogP contribution in [0.1, 0.15) is 13.8 Å². The second-order valence-corrected chi connectivity index (χ2v) is 4.16. The van der Waals surface area contributed by atoms with Gasteiger partial charge in [-0.15, -0.1) is 0 Å². The number of hydrogen-bond donors (Lipinski definition) is 2. The summed E-state index contributed by atoms with van der Waals surface area (Å²) in [4.78, 5) is 15.7. The van der Waals surface area contributed by atoms with Crippen molar-refractivity contribution in [2.45, 2.75) is 19.9 Å². The highest BCUT2D eigenvalue weighted by Crippen LogP contribution is 2.21. The Morgan fingerprint density at radius 3 is 2.88 bits per heavy atom. The third-order valence-electron chi connectivity index (χ3n) is 2.35. The number of urea groups is 1. The highest BCUT2D eigenvalue weighted by atomic mass is 16.2. The van der Waals surface area contributed by atoms with Crippen LogP contribution < -0.4 is 10.6 Å². The summed E-state index contributed by atoms with van der Waals surface area (Å²) in [5, 5.41) is 7.63. The SMILES string of the molecule is CC(C)NC(=O)Nc1cccc2cnccc12. The molecule has 0 saturated carbocycles. The number of amides is 2. The van der Waals surface area contributed by atoms with Gasteiger partial charge in [-0.25, -0.2) is 4.79 Å². The number of carbonyl (C=O) groups excluding carboxylic acids is 1. The maximum Gasteiger partial charge on any atom is 0.319 e. The third-order valence-corrected chi connectivity index (χ3v) is 2.35. The highest BCUT2D eigenvalue weighted by Gasteiger charge is 2.05. The van der Waals surface area contributed by atoms with Crippen LogP contribution >= 0.6 is 0 Å². The molecule has 0 radical (unpaired) electrons. The van der Waals surface area contributed by atoms with Crippen LogP contribution in [0, 0.1) is 0 Å². The molecule has 0 aliphatic rings. The van der Waals surface area contributed by atoms with Gasteiger partial charge in [0.05, 0.1) is 5.69 Å². The Balaban J connectivity index is 2.27. The first-order valence-corrected chi connectivity index (χ1v) is 5.57. The van der Waals surface area contributed by atoms with E-state index in [-0.39, 0.29) is 12.1 Å². The average molecular weight is 229 g/mol. The summed E-state index contributed by atoms with van der Waals surface area (Å²) in [6.07, 6.45) is 3.49. The zero-order valence-corrected chi connectivity index (χ0v) is 9.90. The number of pyridine rings is 1. The number of fused-ring (bicyclic) bond motifs is 1. The van der Waals surface area contributed by atoms with E-state index in [0.29, 0.717) is 0 Å². The summed E-state index contributed by atoms with van der Waals surface area (Å²) in [7, 11) is 0. The summed E-state index contributed by atoms with van der Waals surface area (Å²) >= 11 is 0. The van der Waals surface area contributed by atoms with Gasteiger partial charge in [-0.2, -0.15) is 0 Å². The van der Waals surface area contributed by atoms with E-state index in [1.807, 2.05) is 38.1 Å². The number of hydrogen-bond acceptors (Lipinski definition) is 2. The molecule has 0 atom stereocenters. The molecule has 2 aromatic rings. The van der Waals surface area contributed by atoms with Crippen LogP contribution in [0.15, 0.2) is 36.7 Å². The molecule has 0 fully saturated rings. The van der Waals surface area contributed by atoms with Crippen molar-refractivity contribution in [3.8, 4) is 0 Å². The largest absolute Gasteiger partial charge is 0.336 e. The van der Waals surface area contributed by atoms with Crippen LogP contribution in [0.25, 0.3) is 10.8 Å². The molecular formula is C13H15N3O. The molecule has 2 rings (SSSR count). The van der Waals surface area contributed by atoms with E-state index >= 15 is 0 Å². The van der Waals surface area contributed by atoms with Gasteiger partial charge < -0.3 is 10.6 Å². The van der Waals surface area contributed by atoms with E-state index in [0.717, 1.165) is 16.5 Å². The van der Waals surface area contributed by atoms with E-state index in [1.165, 1.54) is 0 Å². The lowest BCUT2D eigenvalue weighted by Gasteiger charge is -2.11. The summed E-state index contributed by atoms with van der Waals surface area (Å²) < 4.78 is 0. The van der Waals surface area contributed by atoms with E-state index in [4.69, 9.17) is 0 Å². The van der Waals surface area contributed by atoms with Crippen LogP contribution in [0.3, 0.4) is 0 Å². The number of anilines is 1. The van der Waals surface area contributed by atoms with Gasteiger partial charge in [0.25, 0.3) is 0 Å². The fraction of sp³-hybridized carbons (Fsp3) is 0.231. The molecule has 0 unspecified atom stereocenters. The van der Waals surface area contributed by atoms with Crippen molar-refractivity contribution in [3.63, 3.8) is 0 Å². The Hall–Kier alpha value is -2.10. The van der Waals surface area contributed by atoms with Crippen LogP contribution in [-0.2, 0) is 0 Å². The number of rotatable bonds is 2. The maximum absolute atomic E-state index is 11.6. The number of carbonyl (C=O) groups is 1. The van der Waals surface area contributed by atoms with E-state index in [1.54, 1.807) is 12.4 Å². The van der Waals surface area contributed by atoms with Gasteiger partial charge in [0.2, 0.25) is 0 Å². The topological polar surface area (TPSA) is 54.0 Å². The van der Waals surface area contributed by atoms with Gasteiger partial charge in [0.15, 0.2) is 0 Å². The van der Waals surface area contributed by atoms with Crippen molar-refractivity contribution in [1.29, 1.82) is 0 Å². The molecule has 2 amide bonds. The van der Waals surface area contributed by atoms with Gasteiger partial charge in [-0.3, -0.25) is 4.98 Å². The first-order chi connectivity index (χ1) is 8.16. The molecule has 88 valence electrons. The second kappa shape index (κ2) is 4.82. The summed E-state index contributed by atoms with van der Waals surface area (Å²) in [6, 6.07) is 7.56. The van der Waals surface area contributed by atoms with Crippen molar-refractivity contribution in [2.75, 3.05) is 5.32 Å². The summed E-state index contributed by atoms with van der Waals surface area (Å²) in [5.74, 6) is 0. The van der Waals surface area contributed by atoms with Gasteiger partial charge in [-0.05, 0) is 26.0 Å². The van der Waals surface area contributed by atoms with Crippen LogP contribution in [-0.4, -0.2) is 17.1 Å². The van der Waals surface area contributed by atoms with Gasteiger partial charge >= 0.3 is 6.03 Å². The molecule has 1 aromatic heterocycles. The lowest BCUT2D eigenvalue weighted by Crippen LogP contribution is -2.34. The van der Waals surface area contributed by atoms with Crippen LogP contribution in [0.5, 0.6) is 0 Å². The molecular weight excluding hydrogens is 214 g/mol. The second-order valence-electron chi connectivity index (χ2n) is 4.16. The van der Waals surface area contributed by atoms with Crippen molar-refractivity contribution >= 4 is 22.5 Å².